The van der Waals surface area contributed by atoms with Gasteiger partial charge in [-0.05, 0) is 36.4 Å². The summed E-state index contributed by atoms with van der Waals surface area (Å²) >= 11 is 7.14. The topological polar surface area (TPSA) is 29.5 Å². The Kier molecular flexibility index (Phi) is 4.93. The van der Waals surface area contributed by atoms with Crippen molar-refractivity contribution in [2.45, 2.75) is 10.3 Å². The van der Waals surface area contributed by atoms with Crippen LogP contribution in [0.4, 0.5) is 0 Å². The molecule has 0 bridgehead atoms. The smallest absolute Gasteiger partial charge is 0.138 e. The van der Waals surface area contributed by atoms with E-state index in [9.17, 15) is 5.11 Å². The molecule has 0 aliphatic rings. The van der Waals surface area contributed by atoms with E-state index in [1.165, 1.54) is 11.8 Å². The molecule has 0 aromatic heterocycles. The lowest BCUT2D eigenvalue weighted by atomic mass is 10.3. The summed E-state index contributed by atoms with van der Waals surface area (Å²) in [6, 6.07) is 16.8. The number of benzene rings is 2. The van der Waals surface area contributed by atoms with Crippen molar-refractivity contribution in [3.8, 4) is 5.75 Å². The minimum Gasteiger partial charge on any atom is -0.490 e. The monoisotopic (exact) mass is 280 g/mol. The second-order valence-electron chi connectivity index (χ2n) is 3.65. The molecule has 0 saturated heterocycles. The molecule has 0 aliphatic carbocycles. The molecule has 2 aromatic carbocycles. The minimum absolute atomic E-state index is 0.247. The lowest BCUT2D eigenvalue weighted by Gasteiger charge is -2.12. The van der Waals surface area contributed by atoms with Gasteiger partial charge in [-0.15, -0.1) is 0 Å². The largest absolute Gasteiger partial charge is 0.490 e. The van der Waals surface area contributed by atoms with Crippen LogP contribution in [0, 0.1) is 0 Å². The average molecular weight is 281 g/mol. The first kappa shape index (κ1) is 13.3. The molecular formula is C14H13ClO2S. The highest BCUT2D eigenvalue weighted by Crippen LogP contribution is 2.24. The summed E-state index contributed by atoms with van der Waals surface area (Å²) < 4.78 is 5.47. The molecule has 94 valence electrons. The van der Waals surface area contributed by atoms with Gasteiger partial charge in [-0.25, -0.2) is 0 Å². The van der Waals surface area contributed by atoms with Crippen LogP contribution in [0.2, 0.25) is 5.02 Å². The highest BCUT2D eigenvalue weighted by atomic mass is 35.5. The molecule has 18 heavy (non-hydrogen) atoms. The summed E-state index contributed by atoms with van der Waals surface area (Å²) in [5.74, 6) is 0.758. The van der Waals surface area contributed by atoms with Crippen LogP contribution in [-0.4, -0.2) is 17.1 Å². The van der Waals surface area contributed by atoms with Gasteiger partial charge < -0.3 is 9.84 Å². The third-order valence-corrected chi connectivity index (χ3v) is 3.43. The summed E-state index contributed by atoms with van der Waals surface area (Å²) in [6.07, 6.45) is 0. The van der Waals surface area contributed by atoms with E-state index in [2.05, 4.69) is 0 Å². The van der Waals surface area contributed by atoms with Crippen LogP contribution in [0.25, 0.3) is 0 Å². The summed E-state index contributed by atoms with van der Waals surface area (Å²) in [5, 5.41) is 10.5. The van der Waals surface area contributed by atoms with E-state index in [0.717, 1.165) is 10.6 Å². The van der Waals surface area contributed by atoms with E-state index in [1.807, 2.05) is 42.5 Å². The van der Waals surface area contributed by atoms with Crippen LogP contribution in [0.1, 0.15) is 0 Å². The Morgan fingerprint density at radius 1 is 1.06 bits per heavy atom. The number of aliphatic hydroxyl groups excluding tert-OH is 1. The second kappa shape index (κ2) is 6.69. The third-order valence-electron chi connectivity index (χ3n) is 2.22. The molecule has 0 heterocycles. The Labute approximate surface area is 116 Å². The van der Waals surface area contributed by atoms with E-state index < -0.39 is 5.44 Å². The standard InChI is InChI=1S/C14H13ClO2S/c15-11-6-8-13(9-7-11)18-14(16)10-17-12-4-2-1-3-5-12/h1-9,14,16H,10H2. The van der Waals surface area contributed by atoms with Crippen molar-refractivity contribution in [1.82, 2.24) is 0 Å². The zero-order valence-corrected chi connectivity index (χ0v) is 11.2. The number of hydrogen-bond acceptors (Lipinski definition) is 3. The summed E-state index contributed by atoms with van der Waals surface area (Å²) in [5.41, 5.74) is -0.605. The van der Waals surface area contributed by atoms with Crippen molar-refractivity contribution in [1.29, 1.82) is 0 Å². The number of para-hydroxylation sites is 1. The Hall–Kier alpha value is -1.16. The van der Waals surface area contributed by atoms with Gasteiger partial charge in [-0.3, -0.25) is 0 Å². The Morgan fingerprint density at radius 2 is 1.72 bits per heavy atom. The van der Waals surface area contributed by atoms with Gasteiger partial charge in [0.15, 0.2) is 0 Å². The number of hydrogen-bond donors (Lipinski definition) is 1. The van der Waals surface area contributed by atoms with Gasteiger partial charge in [0.25, 0.3) is 0 Å². The zero-order chi connectivity index (χ0) is 12.8. The minimum atomic E-state index is -0.605. The molecule has 2 aromatic rings. The fourth-order valence-corrected chi connectivity index (χ4v) is 2.26. The van der Waals surface area contributed by atoms with Gasteiger partial charge in [0.2, 0.25) is 0 Å². The molecule has 0 radical (unpaired) electrons. The Morgan fingerprint density at radius 3 is 2.39 bits per heavy atom. The lowest BCUT2D eigenvalue weighted by Crippen LogP contribution is -2.13. The maximum absolute atomic E-state index is 9.84. The van der Waals surface area contributed by atoms with Gasteiger partial charge in [-0.2, -0.15) is 0 Å². The van der Waals surface area contributed by atoms with E-state index in [0.29, 0.717) is 5.02 Å². The second-order valence-corrected chi connectivity index (χ2v) is 5.34. The first-order chi connectivity index (χ1) is 8.74. The van der Waals surface area contributed by atoms with Crippen molar-refractivity contribution >= 4 is 23.4 Å². The van der Waals surface area contributed by atoms with Gasteiger partial charge in [0.1, 0.15) is 17.8 Å². The first-order valence-electron chi connectivity index (χ1n) is 5.52. The van der Waals surface area contributed by atoms with Crippen LogP contribution >= 0.6 is 23.4 Å². The Balaban J connectivity index is 1.82. The van der Waals surface area contributed by atoms with Crippen LogP contribution < -0.4 is 4.74 Å². The molecule has 0 aliphatic heterocycles. The van der Waals surface area contributed by atoms with Gasteiger partial charge in [0, 0.05) is 9.92 Å². The van der Waals surface area contributed by atoms with Gasteiger partial charge in [-0.1, -0.05) is 41.6 Å². The highest BCUT2D eigenvalue weighted by molar-refractivity contribution is 7.99. The molecule has 0 fully saturated rings. The molecule has 0 spiro atoms. The van der Waals surface area contributed by atoms with E-state index in [-0.39, 0.29) is 6.61 Å². The number of ether oxygens (including phenoxy) is 1. The molecule has 1 N–H and O–H groups in total. The van der Waals surface area contributed by atoms with Crippen molar-refractivity contribution < 1.29 is 9.84 Å². The molecule has 1 atom stereocenters. The summed E-state index contributed by atoms with van der Waals surface area (Å²) in [6.45, 7) is 0.247. The third kappa shape index (κ3) is 4.26. The highest BCUT2D eigenvalue weighted by Gasteiger charge is 2.07. The van der Waals surface area contributed by atoms with E-state index >= 15 is 0 Å². The maximum atomic E-state index is 9.84. The van der Waals surface area contributed by atoms with Crippen molar-refractivity contribution in [2.75, 3.05) is 6.61 Å². The molecule has 4 heteroatoms. The molecule has 2 nitrogen and oxygen atoms in total. The molecule has 0 amide bonds. The van der Waals surface area contributed by atoms with E-state index in [1.54, 1.807) is 12.1 Å². The molecule has 1 unspecified atom stereocenters. The maximum Gasteiger partial charge on any atom is 0.138 e. The van der Waals surface area contributed by atoms with E-state index in [4.69, 9.17) is 16.3 Å². The fraction of sp³-hybridized carbons (Fsp3) is 0.143. The van der Waals surface area contributed by atoms with Crippen LogP contribution in [0.15, 0.2) is 59.5 Å². The summed E-state index contributed by atoms with van der Waals surface area (Å²) in [7, 11) is 0. The van der Waals surface area contributed by atoms with Crippen LogP contribution in [-0.2, 0) is 0 Å². The predicted molar refractivity (Wildman–Crippen MR) is 75.3 cm³/mol. The van der Waals surface area contributed by atoms with Crippen molar-refractivity contribution in [2.24, 2.45) is 0 Å². The SMILES string of the molecule is OC(COc1ccccc1)Sc1ccc(Cl)cc1. The first-order valence-corrected chi connectivity index (χ1v) is 6.78. The van der Waals surface area contributed by atoms with Crippen LogP contribution in [0.3, 0.4) is 0 Å². The lowest BCUT2D eigenvalue weighted by molar-refractivity contribution is 0.175. The number of aliphatic hydroxyl groups is 1. The average Bonchev–Trinajstić information content (AvgIpc) is 2.40. The fourth-order valence-electron chi connectivity index (χ4n) is 1.39. The zero-order valence-electron chi connectivity index (χ0n) is 9.62. The number of thioether (sulfide) groups is 1. The molecule has 2 rings (SSSR count). The van der Waals surface area contributed by atoms with Crippen LogP contribution in [0.5, 0.6) is 5.75 Å². The van der Waals surface area contributed by atoms with Crippen molar-refractivity contribution in [3.63, 3.8) is 0 Å². The normalized spacial score (nSPS) is 12.1. The summed E-state index contributed by atoms with van der Waals surface area (Å²) in [4.78, 5) is 0.962. The van der Waals surface area contributed by atoms with Gasteiger partial charge in [0.05, 0.1) is 0 Å². The quantitative estimate of drug-likeness (QED) is 0.667. The molecular weight excluding hydrogens is 268 g/mol. The number of rotatable bonds is 5. The van der Waals surface area contributed by atoms with Gasteiger partial charge >= 0.3 is 0 Å². The molecule has 0 saturated carbocycles. The Bertz CT molecular complexity index is 473. The number of halogens is 1. The predicted octanol–water partition coefficient (Wildman–Crippen LogP) is 3.83. The van der Waals surface area contributed by atoms with Crippen molar-refractivity contribution in [3.05, 3.63) is 59.6 Å².